The number of anilines is 1. The molecule has 2 aliphatic rings. The van der Waals surface area contributed by atoms with Crippen molar-refractivity contribution in [2.24, 2.45) is 4.99 Å². The molecule has 0 radical (unpaired) electrons. The summed E-state index contributed by atoms with van der Waals surface area (Å²) in [5.74, 6) is 1.00. The van der Waals surface area contributed by atoms with E-state index in [9.17, 15) is 4.79 Å². The number of aromatic nitrogens is 1. The van der Waals surface area contributed by atoms with Crippen molar-refractivity contribution in [2.45, 2.75) is 31.0 Å². The molecule has 3 unspecified atom stereocenters. The summed E-state index contributed by atoms with van der Waals surface area (Å²) >= 11 is 0. The summed E-state index contributed by atoms with van der Waals surface area (Å²) in [6, 6.07) is 24.3. The zero-order chi connectivity index (χ0) is 21.0. The van der Waals surface area contributed by atoms with Crippen molar-refractivity contribution >= 4 is 23.5 Å². The highest BCUT2D eigenvalue weighted by Gasteiger charge is 2.39. The minimum absolute atomic E-state index is 0.0627. The van der Waals surface area contributed by atoms with Crippen LogP contribution >= 0.6 is 0 Å². The van der Waals surface area contributed by atoms with Crippen molar-refractivity contribution in [2.75, 3.05) is 5.32 Å². The Bertz CT molecular complexity index is 1120. The van der Waals surface area contributed by atoms with E-state index < -0.39 is 0 Å². The molecule has 0 bridgehead atoms. The molecule has 1 fully saturated rings. The van der Waals surface area contributed by atoms with Gasteiger partial charge in [0.15, 0.2) is 0 Å². The number of hydrogen-bond donors (Lipinski definition) is 2. The lowest BCUT2D eigenvalue weighted by Gasteiger charge is -2.18. The summed E-state index contributed by atoms with van der Waals surface area (Å²) in [4.78, 5) is 21.7. The van der Waals surface area contributed by atoms with Gasteiger partial charge in [-0.05, 0) is 35.3 Å². The molecule has 0 spiro atoms. The Morgan fingerprint density at radius 2 is 1.74 bits per heavy atom. The summed E-state index contributed by atoms with van der Waals surface area (Å²) in [6.07, 6.45) is 7.39. The van der Waals surface area contributed by atoms with Gasteiger partial charge in [0, 0.05) is 36.4 Å². The number of hydrogen-bond acceptors (Lipinski definition) is 4. The van der Waals surface area contributed by atoms with Crippen LogP contribution in [0.1, 0.15) is 40.2 Å². The van der Waals surface area contributed by atoms with Crippen LogP contribution in [0.25, 0.3) is 5.57 Å². The zero-order valence-electron chi connectivity index (χ0n) is 17.1. The Hall–Kier alpha value is -3.73. The number of amides is 1. The first-order chi connectivity index (χ1) is 15.3. The van der Waals surface area contributed by atoms with E-state index in [4.69, 9.17) is 0 Å². The van der Waals surface area contributed by atoms with Gasteiger partial charge in [-0.3, -0.25) is 9.79 Å². The third kappa shape index (κ3) is 4.56. The fourth-order valence-corrected chi connectivity index (χ4v) is 3.94. The van der Waals surface area contributed by atoms with E-state index in [0.29, 0.717) is 17.3 Å². The molecule has 1 aromatic heterocycles. The maximum atomic E-state index is 12.7. The first-order valence-corrected chi connectivity index (χ1v) is 10.6. The maximum Gasteiger partial charge on any atom is 0.251 e. The molecule has 1 aliphatic carbocycles. The van der Waals surface area contributed by atoms with Crippen LogP contribution in [0.5, 0.6) is 0 Å². The molecule has 3 aromatic rings. The van der Waals surface area contributed by atoms with Crippen LogP contribution < -0.4 is 10.6 Å². The molecule has 1 saturated carbocycles. The Kier molecular flexibility index (Phi) is 5.31. The Morgan fingerprint density at radius 1 is 0.968 bits per heavy atom. The smallest absolute Gasteiger partial charge is 0.251 e. The van der Waals surface area contributed by atoms with Crippen molar-refractivity contribution in [3.05, 3.63) is 102 Å². The maximum absolute atomic E-state index is 12.7. The number of dihydropyridines is 1. The molecule has 3 atom stereocenters. The van der Waals surface area contributed by atoms with Crippen molar-refractivity contribution in [3.8, 4) is 0 Å². The minimum atomic E-state index is -0.0934. The number of aliphatic imine (C=N–C) groups is 1. The normalized spacial score (nSPS) is 21.8. The second kappa shape index (κ2) is 8.56. The lowest BCUT2D eigenvalue weighted by Crippen LogP contribution is -2.27. The molecule has 1 aliphatic heterocycles. The van der Waals surface area contributed by atoms with Gasteiger partial charge in [-0.2, -0.15) is 0 Å². The first kappa shape index (κ1) is 19.2. The SMILES string of the molecule is O=C(NC1CC1c1ccccc1)c1ccnc(NC2CC=C(c3ccccc3)C=N2)c1. The molecular formula is C26H24N4O. The number of nitrogens with one attached hydrogen (secondary N) is 2. The molecule has 2 heterocycles. The van der Waals surface area contributed by atoms with Gasteiger partial charge in [-0.1, -0.05) is 66.7 Å². The Morgan fingerprint density at radius 3 is 2.48 bits per heavy atom. The number of nitrogens with zero attached hydrogens (tertiary/aromatic N) is 2. The Balaban J connectivity index is 1.18. The fraction of sp³-hybridized carbons (Fsp3) is 0.192. The number of carbonyl (C=O) groups is 1. The zero-order valence-corrected chi connectivity index (χ0v) is 17.1. The highest BCUT2D eigenvalue weighted by molar-refractivity contribution is 6.10. The standard InChI is InChI=1S/C26H24N4O/c31-26(29-23-16-22(23)19-9-5-2-6-10-19)20-13-14-27-25(15-20)30-24-12-11-21(17-28-24)18-7-3-1-4-8-18/h1-11,13-15,17,22-24H,12,16H2,(H,27,30)(H,29,31). The first-order valence-electron chi connectivity index (χ1n) is 10.6. The summed E-state index contributed by atoms with van der Waals surface area (Å²) in [7, 11) is 0. The van der Waals surface area contributed by atoms with Gasteiger partial charge in [0.05, 0.1) is 0 Å². The molecule has 2 aromatic carbocycles. The summed E-state index contributed by atoms with van der Waals surface area (Å²) in [5, 5.41) is 6.46. The van der Waals surface area contributed by atoms with Crippen LogP contribution in [0.15, 0.2) is 90.1 Å². The summed E-state index contributed by atoms with van der Waals surface area (Å²) in [6.45, 7) is 0. The second-order valence-corrected chi connectivity index (χ2v) is 7.96. The molecule has 1 amide bonds. The predicted molar refractivity (Wildman–Crippen MR) is 124 cm³/mol. The van der Waals surface area contributed by atoms with E-state index in [1.54, 1.807) is 18.3 Å². The van der Waals surface area contributed by atoms with Gasteiger partial charge in [-0.15, -0.1) is 0 Å². The number of rotatable bonds is 6. The number of allylic oxidation sites excluding steroid dienone is 1. The molecule has 5 heteroatoms. The van der Waals surface area contributed by atoms with E-state index in [1.807, 2.05) is 42.6 Å². The van der Waals surface area contributed by atoms with Crippen molar-refractivity contribution in [1.29, 1.82) is 0 Å². The highest BCUT2D eigenvalue weighted by atomic mass is 16.1. The van der Waals surface area contributed by atoms with Crippen LogP contribution in [-0.2, 0) is 0 Å². The highest BCUT2D eigenvalue weighted by Crippen LogP contribution is 2.40. The minimum Gasteiger partial charge on any atom is -0.349 e. The molecule has 31 heavy (non-hydrogen) atoms. The van der Waals surface area contributed by atoms with Crippen LogP contribution in [-0.4, -0.2) is 29.3 Å². The van der Waals surface area contributed by atoms with Gasteiger partial charge >= 0.3 is 0 Å². The van der Waals surface area contributed by atoms with Gasteiger partial charge in [0.2, 0.25) is 0 Å². The van der Waals surface area contributed by atoms with Crippen molar-refractivity contribution in [3.63, 3.8) is 0 Å². The topological polar surface area (TPSA) is 66.4 Å². The summed E-state index contributed by atoms with van der Waals surface area (Å²) in [5.41, 5.74) is 4.17. The molecule has 0 saturated heterocycles. The largest absolute Gasteiger partial charge is 0.349 e. The molecule has 154 valence electrons. The predicted octanol–water partition coefficient (Wildman–Crippen LogP) is 4.66. The van der Waals surface area contributed by atoms with Crippen LogP contribution in [0.4, 0.5) is 5.82 Å². The van der Waals surface area contributed by atoms with Gasteiger partial charge < -0.3 is 10.6 Å². The number of pyridine rings is 1. The number of benzene rings is 2. The van der Waals surface area contributed by atoms with Crippen LogP contribution in [0.2, 0.25) is 0 Å². The van der Waals surface area contributed by atoms with E-state index in [2.05, 4.69) is 51.0 Å². The van der Waals surface area contributed by atoms with Crippen LogP contribution in [0, 0.1) is 0 Å². The second-order valence-electron chi connectivity index (χ2n) is 7.96. The van der Waals surface area contributed by atoms with Gasteiger partial charge in [-0.25, -0.2) is 4.98 Å². The molecule has 2 N–H and O–H groups in total. The summed E-state index contributed by atoms with van der Waals surface area (Å²) < 4.78 is 0. The average molecular weight is 409 g/mol. The monoisotopic (exact) mass is 408 g/mol. The number of carbonyl (C=O) groups excluding carboxylic acids is 1. The van der Waals surface area contributed by atoms with Crippen LogP contribution in [0.3, 0.4) is 0 Å². The van der Waals surface area contributed by atoms with E-state index >= 15 is 0 Å². The third-order valence-electron chi connectivity index (χ3n) is 5.73. The van der Waals surface area contributed by atoms with E-state index in [-0.39, 0.29) is 18.1 Å². The lowest BCUT2D eigenvalue weighted by atomic mass is 10.0. The fourth-order valence-electron chi connectivity index (χ4n) is 3.94. The quantitative estimate of drug-likeness (QED) is 0.623. The van der Waals surface area contributed by atoms with E-state index in [0.717, 1.165) is 24.0 Å². The molecule has 5 nitrogen and oxygen atoms in total. The van der Waals surface area contributed by atoms with E-state index in [1.165, 1.54) is 5.56 Å². The van der Waals surface area contributed by atoms with Gasteiger partial charge in [0.1, 0.15) is 12.0 Å². The van der Waals surface area contributed by atoms with Gasteiger partial charge in [0.25, 0.3) is 5.91 Å². The third-order valence-corrected chi connectivity index (χ3v) is 5.73. The molecule has 5 rings (SSSR count). The lowest BCUT2D eigenvalue weighted by molar-refractivity contribution is 0.0950. The van der Waals surface area contributed by atoms with Crippen molar-refractivity contribution < 1.29 is 4.79 Å². The molecular weight excluding hydrogens is 384 g/mol. The average Bonchev–Trinajstić information content (AvgIpc) is 3.60. The van der Waals surface area contributed by atoms with Crippen molar-refractivity contribution in [1.82, 2.24) is 10.3 Å². The Labute approximate surface area is 182 Å².